The minimum atomic E-state index is 0.156. The van der Waals surface area contributed by atoms with Gasteiger partial charge < -0.3 is 10.6 Å². The van der Waals surface area contributed by atoms with Crippen molar-refractivity contribution in [1.82, 2.24) is 34.3 Å². The number of rotatable bonds is 4. The maximum Gasteiger partial charge on any atom is 0.228 e. The van der Waals surface area contributed by atoms with Crippen LogP contribution in [-0.4, -0.2) is 40.9 Å². The molecule has 0 amide bonds. The number of aromatic nitrogens is 7. The van der Waals surface area contributed by atoms with E-state index in [0.717, 1.165) is 40.9 Å². The van der Waals surface area contributed by atoms with Crippen molar-refractivity contribution in [3.8, 4) is 11.3 Å². The van der Waals surface area contributed by atoms with Gasteiger partial charge in [-0.25, -0.2) is 9.97 Å². The number of nitrogens with zero attached hydrogens (tertiary/aromatic N) is 7. The first-order valence-corrected chi connectivity index (χ1v) is 10.0. The molecule has 2 N–H and O–H groups in total. The average molecular weight is 409 g/mol. The standard InChI is InChI=1S/C22H19N9/c1-30-18(8-10-25-30)27-22-23-9-7-17(26-22)15-11-19-24-13-16(14-5-3-2-4-6-14)21-29-28-20(12-15)31(19)21/h2-12,16,24H,13H2,1H3,(H,23,26,27). The fourth-order valence-electron chi connectivity index (χ4n) is 3.99. The van der Waals surface area contributed by atoms with Gasteiger partial charge in [0, 0.05) is 31.4 Å². The Bertz CT molecular complexity index is 1390. The zero-order valence-electron chi connectivity index (χ0n) is 16.8. The van der Waals surface area contributed by atoms with Crippen LogP contribution in [0, 0.1) is 0 Å². The second kappa shape index (κ2) is 6.91. The van der Waals surface area contributed by atoms with E-state index in [-0.39, 0.29) is 5.92 Å². The predicted molar refractivity (Wildman–Crippen MR) is 117 cm³/mol. The Hall–Kier alpha value is -4.27. The smallest absolute Gasteiger partial charge is 0.228 e. The third-order valence-electron chi connectivity index (χ3n) is 5.54. The highest BCUT2D eigenvalue weighted by Crippen LogP contribution is 2.33. The van der Waals surface area contributed by atoms with Gasteiger partial charge in [0.1, 0.15) is 17.5 Å². The van der Waals surface area contributed by atoms with Crippen LogP contribution >= 0.6 is 0 Å². The second-order valence-corrected chi connectivity index (χ2v) is 7.46. The van der Waals surface area contributed by atoms with Crippen LogP contribution in [0.4, 0.5) is 17.6 Å². The number of hydrogen-bond donors (Lipinski definition) is 2. The van der Waals surface area contributed by atoms with Crippen molar-refractivity contribution in [2.45, 2.75) is 5.92 Å². The number of anilines is 3. The molecule has 0 spiro atoms. The van der Waals surface area contributed by atoms with E-state index in [4.69, 9.17) is 0 Å². The van der Waals surface area contributed by atoms with Crippen LogP contribution in [0.3, 0.4) is 0 Å². The molecule has 1 aliphatic rings. The minimum Gasteiger partial charge on any atom is -0.370 e. The summed E-state index contributed by atoms with van der Waals surface area (Å²) in [4.78, 5) is 9.01. The van der Waals surface area contributed by atoms with Crippen molar-refractivity contribution in [2.75, 3.05) is 17.2 Å². The van der Waals surface area contributed by atoms with Gasteiger partial charge >= 0.3 is 0 Å². The molecule has 0 fully saturated rings. The van der Waals surface area contributed by atoms with Crippen LogP contribution < -0.4 is 10.6 Å². The zero-order valence-corrected chi connectivity index (χ0v) is 16.8. The van der Waals surface area contributed by atoms with Crippen LogP contribution in [0.5, 0.6) is 0 Å². The Morgan fingerprint density at radius 3 is 2.77 bits per heavy atom. The molecule has 0 aliphatic carbocycles. The second-order valence-electron chi connectivity index (χ2n) is 7.46. The SMILES string of the molecule is Cn1nccc1Nc1nccc(-c2cc3n4c(nnc4c2)C(c2ccccc2)CN3)n1. The monoisotopic (exact) mass is 409 g/mol. The van der Waals surface area contributed by atoms with Crippen molar-refractivity contribution in [3.63, 3.8) is 0 Å². The van der Waals surface area contributed by atoms with Gasteiger partial charge in [0.05, 0.1) is 17.8 Å². The largest absolute Gasteiger partial charge is 0.370 e. The highest BCUT2D eigenvalue weighted by molar-refractivity contribution is 5.71. The van der Waals surface area contributed by atoms with E-state index < -0.39 is 0 Å². The van der Waals surface area contributed by atoms with E-state index in [0.29, 0.717) is 5.95 Å². The van der Waals surface area contributed by atoms with Crippen molar-refractivity contribution >= 4 is 23.2 Å². The summed E-state index contributed by atoms with van der Waals surface area (Å²) in [6.07, 6.45) is 3.47. The first-order chi connectivity index (χ1) is 15.3. The third kappa shape index (κ3) is 2.98. The molecule has 5 aromatic rings. The van der Waals surface area contributed by atoms with Crippen molar-refractivity contribution in [2.24, 2.45) is 7.05 Å². The molecule has 31 heavy (non-hydrogen) atoms. The van der Waals surface area contributed by atoms with E-state index in [2.05, 4.69) is 70.6 Å². The van der Waals surface area contributed by atoms with E-state index in [1.807, 2.05) is 31.3 Å². The highest BCUT2D eigenvalue weighted by Gasteiger charge is 2.26. The molecule has 5 heterocycles. The minimum absolute atomic E-state index is 0.156. The maximum absolute atomic E-state index is 4.68. The van der Waals surface area contributed by atoms with Gasteiger partial charge in [0.25, 0.3) is 0 Å². The molecule has 152 valence electrons. The summed E-state index contributed by atoms with van der Waals surface area (Å²) in [7, 11) is 1.86. The fourth-order valence-corrected chi connectivity index (χ4v) is 3.99. The molecular weight excluding hydrogens is 390 g/mol. The van der Waals surface area contributed by atoms with Crippen molar-refractivity contribution in [3.05, 3.63) is 78.4 Å². The lowest BCUT2D eigenvalue weighted by molar-refractivity contribution is 0.729. The van der Waals surface area contributed by atoms with Crippen LogP contribution in [0.25, 0.3) is 16.9 Å². The number of benzene rings is 1. The lowest BCUT2D eigenvalue weighted by Crippen LogP contribution is -2.23. The summed E-state index contributed by atoms with van der Waals surface area (Å²) >= 11 is 0. The Balaban J connectivity index is 1.39. The van der Waals surface area contributed by atoms with Crippen LogP contribution in [0.15, 0.2) is 67.0 Å². The van der Waals surface area contributed by atoms with Gasteiger partial charge in [-0.15, -0.1) is 10.2 Å². The first kappa shape index (κ1) is 17.6. The molecule has 1 aliphatic heterocycles. The number of aryl methyl sites for hydroxylation is 1. The molecule has 1 unspecified atom stereocenters. The van der Waals surface area contributed by atoms with Gasteiger partial charge in [0.15, 0.2) is 5.65 Å². The lowest BCUT2D eigenvalue weighted by Gasteiger charge is -2.24. The summed E-state index contributed by atoms with van der Waals surface area (Å²) in [5, 5.41) is 19.9. The molecule has 6 rings (SSSR count). The first-order valence-electron chi connectivity index (χ1n) is 10.0. The molecular formula is C22H19N9. The molecule has 1 atom stereocenters. The van der Waals surface area contributed by atoms with Crippen LogP contribution in [0.1, 0.15) is 17.3 Å². The number of nitrogens with one attached hydrogen (secondary N) is 2. The normalized spacial score (nSPS) is 15.1. The topological polar surface area (TPSA) is 97.9 Å². The Morgan fingerprint density at radius 1 is 1.03 bits per heavy atom. The summed E-state index contributed by atoms with van der Waals surface area (Å²) in [5.74, 6) is 3.39. The van der Waals surface area contributed by atoms with Crippen molar-refractivity contribution in [1.29, 1.82) is 0 Å². The Kier molecular flexibility index (Phi) is 3.92. The van der Waals surface area contributed by atoms with E-state index in [1.54, 1.807) is 17.1 Å². The van der Waals surface area contributed by atoms with Gasteiger partial charge in [0.2, 0.25) is 5.95 Å². The Morgan fingerprint density at radius 2 is 1.94 bits per heavy atom. The molecule has 0 bridgehead atoms. The number of hydrogen-bond acceptors (Lipinski definition) is 7. The van der Waals surface area contributed by atoms with Gasteiger partial charge in [-0.3, -0.25) is 9.08 Å². The predicted octanol–water partition coefficient (Wildman–Crippen LogP) is 3.22. The number of pyridine rings is 1. The summed E-state index contributed by atoms with van der Waals surface area (Å²) < 4.78 is 3.82. The van der Waals surface area contributed by atoms with Crippen LogP contribution in [-0.2, 0) is 7.05 Å². The fraction of sp³-hybridized carbons (Fsp3) is 0.136. The molecule has 9 nitrogen and oxygen atoms in total. The van der Waals surface area contributed by atoms with Crippen LogP contribution in [0.2, 0.25) is 0 Å². The quantitative estimate of drug-likeness (QED) is 0.470. The Labute approximate surface area is 177 Å². The summed E-state index contributed by atoms with van der Waals surface area (Å²) in [6.45, 7) is 0.762. The lowest BCUT2D eigenvalue weighted by atomic mass is 9.97. The molecule has 4 aromatic heterocycles. The van der Waals surface area contributed by atoms with Crippen molar-refractivity contribution < 1.29 is 0 Å². The van der Waals surface area contributed by atoms with Gasteiger partial charge in [-0.05, 0) is 23.8 Å². The van der Waals surface area contributed by atoms with Gasteiger partial charge in [-0.2, -0.15) is 5.10 Å². The van der Waals surface area contributed by atoms with E-state index in [1.165, 1.54) is 5.56 Å². The average Bonchev–Trinajstić information content (AvgIpc) is 3.42. The molecule has 0 saturated heterocycles. The molecule has 0 saturated carbocycles. The molecule has 9 heteroatoms. The third-order valence-corrected chi connectivity index (χ3v) is 5.54. The van der Waals surface area contributed by atoms with Gasteiger partial charge in [-0.1, -0.05) is 30.3 Å². The summed E-state index contributed by atoms with van der Waals surface area (Å²) in [6, 6.07) is 18.2. The van der Waals surface area contributed by atoms with E-state index in [9.17, 15) is 0 Å². The summed E-state index contributed by atoms with van der Waals surface area (Å²) in [5.41, 5.74) is 3.76. The molecule has 0 radical (unpaired) electrons. The highest BCUT2D eigenvalue weighted by atomic mass is 15.3. The molecule has 1 aromatic carbocycles. The maximum atomic E-state index is 4.68. The van der Waals surface area contributed by atoms with E-state index >= 15 is 0 Å². The zero-order chi connectivity index (χ0) is 20.8.